The molecule has 0 unspecified atom stereocenters. The van der Waals surface area contributed by atoms with Gasteiger partial charge in [0.25, 0.3) is 0 Å². The van der Waals surface area contributed by atoms with E-state index in [4.69, 9.17) is 16.7 Å². The summed E-state index contributed by atoms with van der Waals surface area (Å²) < 4.78 is 0. The average Bonchev–Trinajstić information content (AvgIpc) is 2.31. The van der Waals surface area contributed by atoms with E-state index in [2.05, 4.69) is 17.2 Å². The van der Waals surface area contributed by atoms with Crippen LogP contribution in [0.5, 0.6) is 0 Å². The molecule has 2 amide bonds. The number of carbonyl (C=O) groups excluding carboxylic acids is 1. The Morgan fingerprint density at radius 1 is 1.44 bits per heavy atom. The summed E-state index contributed by atoms with van der Waals surface area (Å²) >= 11 is 5.71. The zero-order valence-electron chi connectivity index (χ0n) is 9.57. The first-order chi connectivity index (χ1) is 8.54. The number of aromatic carboxylic acids is 1. The molecule has 6 heteroatoms. The standard InChI is InChI=1S/C12H13ClN2O3/c1-2-3-6-14-12(18)15-8-4-5-10(13)9(7-8)11(16)17/h2,4-5,7H,1,3,6H2,(H,16,17)(H2,14,15,18). The van der Waals surface area contributed by atoms with Crippen LogP contribution in [0.25, 0.3) is 0 Å². The number of amides is 2. The van der Waals surface area contributed by atoms with E-state index in [1.54, 1.807) is 6.08 Å². The Kier molecular flexibility index (Phi) is 5.20. The summed E-state index contributed by atoms with van der Waals surface area (Å²) in [5.74, 6) is -1.14. The largest absolute Gasteiger partial charge is 0.478 e. The van der Waals surface area contributed by atoms with Gasteiger partial charge >= 0.3 is 12.0 Å². The third-order valence-electron chi connectivity index (χ3n) is 2.09. The minimum Gasteiger partial charge on any atom is -0.478 e. The smallest absolute Gasteiger partial charge is 0.337 e. The SMILES string of the molecule is C=CCCNC(=O)Nc1ccc(Cl)c(C(=O)O)c1. The van der Waals surface area contributed by atoms with Crippen molar-refractivity contribution in [2.45, 2.75) is 6.42 Å². The molecule has 0 fully saturated rings. The van der Waals surface area contributed by atoms with Gasteiger partial charge in [0.1, 0.15) is 0 Å². The Morgan fingerprint density at radius 2 is 2.17 bits per heavy atom. The van der Waals surface area contributed by atoms with Crippen molar-refractivity contribution < 1.29 is 14.7 Å². The van der Waals surface area contributed by atoms with Crippen LogP contribution in [0.1, 0.15) is 16.8 Å². The van der Waals surface area contributed by atoms with Crippen LogP contribution in [-0.2, 0) is 0 Å². The van der Waals surface area contributed by atoms with E-state index >= 15 is 0 Å². The highest BCUT2D eigenvalue weighted by atomic mass is 35.5. The second kappa shape index (κ2) is 6.66. The summed E-state index contributed by atoms with van der Waals surface area (Å²) in [6, 6.07) is 3.85. The fourth-order valence-corrected chi connectivity index (χ4v) is 1.43. The number of rotatable bonds is 5. The molecule has 0 aromatic heterocycles. The molecule has 0 bridgehead atoms. The summed E-state index contributed by atoms with van der Waals surface area (Å²) in [6.45, 7) is 4.00. The molecule has 0 aliphatic heterocycles. The molecule has 0 atom stereocenters. The van der Waals surface area contributed by atoms with Gasteiger partial charge in [0.15, 0.2) is 0 Å². The number of urea groups is 1. The number of carboxylic acids is 1. The number of anilines is 1. The summed E-state index contributed by atoms with van der Waals surface area (Å²) in [7, 11) is 0. The number of benzene rings is 1. The lowest BCUT2D eigenvalue weighted by atomic mass is 10.2. The van der Waals surface area contributed by atoms with Crippen molar-refractivity contribution in [2.75, 3.05) is 11.9 Å². The van der Waals surface area contributed by atoms with Crippen molar-refractivity contribution in [3.05, 3.63) is 41.4 Å². The molecule has 0 radical (unpaired) electrons. The van der Waals surface area contributed by atoms with E-state index in [9.17, 15) is 9.59 Å². The van der Waals surface area contributed by atoms with E-state index in [1.165, 1.54) is 18.2 Å². The van der Waals surface area contributed by atoms with Gasteiger partial charge in [-0.2, -0.15) is 0 Å². The lowest BCUT2D eigenvalue weighted by Crippen LogP contribution is -2.29. The molecule has 96 valence electrons. The lowest BCUT2D eigenvalue weighted by Gasteiger charge is -2.08. The van der Waals surface area contributed by atoms with Crippen LogP contribution >= 0.6 is 11.6 Å². The number of halogens is 1. The highest BCUT2D eigenvalue weighted by Gasteiger charge is 2.10. The molecule has 3 N–H and O–H groups in total. The molecule has 5 nitrogen and oxygen atoms in total. The fourth-order valence-electron chi connectivity index (χ4n) is 1.23. The predicted octanol–water partition coefficient (Wildman–Crippen LogP) is 2.74. The molecule has 0 heterocycles. The number of hydrogen-bond acceptors (Lipinski definition) is 2. The van der Waals surface area contributed by atoms with Crippen LogP contribution in [0, 0.1) is 0 Å². The van der Waals surface area contributed by atoms with Crippen LogP contribution in [0.15, 0.2) is 30.9 Å². The zero-order valence-corrected chi connectivity index (χ0v) is 10.3. The van der Waals surface area contributed by atoms with Crippen LogP contribution in [0.4, 0.5) is 10.5 Å². The van der Waals surface area contributed by atoms with Gasteiger partial charge in [-0.1, -0.05) is 17.7 Å². The second-order valence-corrected chi connectivity index (χ2v) is 3.87. The average molecular weight is 269 g/mol. The van der Waals surface area contributed by atoms with Crippen LogP contribution < -0.4 is 10.6 Å². The molecule has 0 aliphatic carbocycles. The Morgan fingerprint density at radius 3 is 2.78 bits per heavy atom. The number of nitrogens with one attached hydrogen (secondary N) is 2. The zero-order chi connectivity index (χ0) is 13.5. The van der Waals surface area contributed by atoms with E-state index in [1.807, 2.05) is 0 Å². The van der Waals surface area contributed by atoms with Gasteiger partial charge in [-0.15, -0.1) is 6.58 Å². The molecule has 0 saturated carbocycles. The van der Waals surface area contributed by atoms with Crippen molar-refractivity contribution in [2.24, 2.45) is 0 Å². The lowest BCUT2D eigenvalue weighted by molar-refractivity contribution is 0.0697. The van der Waals surface area contributed by atoms with Gasteiger partial charge in [-0.3, -0.25) is 0 Å². The van der Waals surface area contributed by atoms with Crippen molar-refractivity contribution in [1.82, 2.24) is 5.32 Å². The molecule has 18 heavy (non-hydrogen) atoms. The van der Waals surface area contributed by atoms with E-state index in [0.29, 0.717) is 18.7 Å². The normalized spacial score (nSPS) is 9.61. The topological polar surface area (TPSA) is 78.4 Å². The molecule has 0 aliphatic rings. The maximum atomic E-state index is 11.4. The van der Waals surface area contributed by atoms with Gasteiger partial charge < -0.3 is 15.7 Å². The van der Waals surface area contributed by atoms with E-state index in [0.717, 1.165) is 0 Å². The fraction of sp³-hybridized carbons (Fsp3) is 0.167. The van der Waals surface area contributed by atoms with E-state index < -0.39 is 12.0 Å². The maximum Gasteiger partial charge on any atom is 0.337 e. The van der Waals surface area contributed by atoms with Gasteiger partial charge in [-0.05, 0) is 24.6 Å². The predicted molar refractivity (Wildman–Crippen MR) is 70.2 cm³/mol. The van der Waals surface area contributed by atoms with Crippen LogP contribution in [-0.4, -0.2) is 23.7 Å². The number of hydrogen-bond donors (Lipinski definition) is 3. The molecule has 1 aromatic carbocycles. The minimum atomic E-state index is -1.14. The molecule has 1 aromatic rings. The summed E-state index contributed by atoms with van der Waals surface area (Å²) in [6.07, 6.45) is 2.35. The minimum absolute atomic E-state index is 0.0550. The third-order valence-corrected chi connectivity index (χ3v) is 2.42. The summed E-state index contributed by atoms with van der Waals surface area (Å²) in [4.78, 5) is 22.3. The molecular formula is C12H13ClN2O3. The number of carboxylic acid groups (broad SMARTS) is 1. The van der Waals surface area contributed by atoms with Gasteiger partial charge in [0, 0.05) is 12.2 Å². The quantitative estimate of drug-likeness (QED) is 0.567. The van der Waals surface area contributed by atoms with E-state index in [-0.39, 0.29) is 10.6 Å². The van der Waals surface area contributed by atoms with Gasteiger partial charge in [0.2, 0.25) is 0 Å². The maximum absolute atomic E-state index is 11.4. The Labute approximate surface area is 109 Å². The van der Waals surface area contributed by atoms with Crippen molar-refractivity contribution in [3.8, 4) is 0 Å². The Bertz CT molecular complexity index is 474. The first-order valence-electron chi connectivity index (χ1n) is 5.23. The first-order valence-corrected chi connectivity index (χ1v) is 5.61. The summed E-state index contributed by atoms with van der Waals surface area (Å²) in [5, 5.41) is 14.1. The second-order valence-electron chi connectivity index (χ2n) is 3.46. The third kappa shape index (κ3) is 4.10. The monoisotopic (exact) mass is 268 g/mol. The molecule has 1 rings (SSSR count). The van der Waals surface area contributed by atoms with Gasteiger partial charge in [0.05, 0.1) is 10.6 Å². The Hall–Kier alpha value is -2.01. The molecule has 0 saturated heterocycles. The van der Waals surface area contributed by atoms with Crippen molar-refractivity contribution in [3.63, 3.8) is 0 Å². The van der Waals surface area contributed by atoms with Crippen LogP contribution in [0.3, 0.4) is 0 Å². The number of carbonyl (C=O) groups is 2. The highest BCUT2D eigenvalue weighted by molar-refractivity contribution is 6.33. The van der Waals surface area contributed by atoms with Crippen LogP contribution in [0.2, 0.25) is 5.02 Å². The highest BCUT2D eigenvalue weighted by Crippen LogP contribution is 2.20. The Balaban J connectivity index is 2.67. The van der Waals surface area contributed by atoms with Crippen molar-refractivity contribution >= 4 is 29.3 Å². The molecule has 0 spiro atoms. The first kappa shape index (κ1) is 14.1. The summed E-state index contributed by atoms with van der Waals surface area (Å²) in [5.41, 5.74) is 0.313. The van der Waals surface area contributed by atoms with Crippen molar-refractivity contribution in [1.29, 1.82) is 0 Å². The molecular weight excluding hydrogens is 256 g/mol. The van der Waals surface area contributed by atoms with Gasteiger partial charge in [-0.25, -0.2) is 9.59 Å².